The number of carbonyl (C=O) groups is 1. The second kappa shape index (κ2) is 7.08. The Morgan fingerprint density at radius 1 is 1.41 bits per heavy atom. The zero-order valence-electron chi connectivity index (χ0n) is 13.6. The van der Waals surface area contributed by atoms with Crippen LogP contribution >= 0.6 is 11.3 Å². The van der Waals surface area contributed by atoms with Gasteiger partial charge in [0.2, 0.25) is 5.91 Å². The number of morpholine rings is 1. The number of nitrogens with zero attached hydrogens (tertiary/aromatic N) is 1. The number of β-amino-alcohol motifs (C(OH)–C–C–N with tert-alkyl or cyclic N) is 1. The Morgan fingerprint density at radius 2 is 2.09 bits per heavy atom. The summed E-state index contributed by atoms with van der Waals surface area (Å²) in [5.41, 5.74) is -1.53. The number of thiophene rings is 1. The van der Waals surface area contributed by atoms with Gasteiger partial charge in [-0.1, -0.05) is 6.07 Å². The maximum absolute atomic E-state index is 12.5. The van der Waals surface area contributed by atoms with E-state index in [1.165, 1.54) is 0 Å². The van der Waals surface area contributed by atoms with Gasteiger partial charge in [-0.25, -0.2) is 0 Å². The van der Waals surface area contributed by atoms with Gasteiger partial charge in [0.1, 0.15) is 0 Å². The molecule has 22 heavy (non-hydrogen) atoms. The summed E-state index contributed by atoms with van der Waals surface area (Å²) < 4.78 is 5.31. The molecule has 1 aliphatic rings. The molecule has 1 fully saturated rings. The van der Waals surface area contributed by atoms with Crippen molar-refractivity contribution in [1.82, 2.24) is 10.2 Å². The van der Waals surface area contributed by atoms with E-state index in [1.54, 1.807) is 18.3 Å². The lowest BCUT2D eigenvalue weighted by Crippen LogP contribution is -2.53. The first-order valence-corrected chi connectivity index (χ1v) is 8.54. The lowest BCUT2D eigenvalue weighted by molar-refractivity contribution is -0.127. The van der Waals surface area contributed by atoms with E-state index in [0.29, 0.717) is 19.8 Å². The molecule has 0 saturated carbocycles. The Morgan fingerprint density at radius 3 is 2.68 bits per heavy atom. The van der Waals surface area contributed by atoms with Crippen LogP contribution in [-0.2, 0) is 14.9 Å². The molecule has 1 aromatic rings. The van der Waals surface area contributed by atoms with Crippen molar-refractivity contribution in [1.29, 1.82) is 0 Å². The molecule has 5 nitrogen and oxygen atoms in total. The Balaban J connectivity index is 1.86. The second-order valence-electron chi connectivity index (χ2n) is 6.67. The van der Waals surface area contributed by atoms with E-state index in [2.05, 4.69) is 10.2 Å². The average Bonchev–Trinajstić information content (AvgIpc) is 3.00. The highest BCUT2D eigenvalue weighted by atomic mass is 32.1. The molecule has 1 saturated heterocycles. The minimum absolute atomic E-state index is 0.0581. The van der Waals surface area contributed by atoms with Gasteiger partial charge < -0.3 is 15.2 Å². The van der Waals surface area contributed by atoms with Crippen LogP contribution in [0, 0.1) is 0 Å². The fraction of sp³-hybridized carbons (Fsp3) is 0.688. The summed E-state index contributed by atoms with van der Waals surface area (Å²) in [4.78, 5) is 15.6. The van der Waals surface area contributed by atoms with Gasteiger partial charge in [-0.05, 0) is 32.2 Å². The van der Waals surface area contributed by atoms with Crippen molar-refractivity contribution in [2.24, 2.45) is 0 Å². The summed E-state index contributed by atoms with van der Waals surface area (Å²) in [6.07, 6.45) is 0. The quantitative estimate of drug-likeness (QED) is 0.825. The minimum atomic E-state index is -0.946. The van der Waals surface area contributed by atoms with Crippen LogP contribution in [0.4, 0.5) is 0 Å². The van der Waals surface area contributed by atoms with Crippen LogP contribution in [-0.4, -0.2) is 60.9 Å². The highest BCUT2D eigenvalue weighted by Crippen LogP contribution is 2.27. The van der Waals surface area contributed by atoms with E-state index in [0.717, 1.165) is 18.0 Å². The lowest BCUT2D eigenvalue weighted by atomic mass is 9.90. The molecule has 124 valence electrons. The van der Waals surface area contributed by atoms with E-state index in [-0.39, 0.29) is 12.5 Å². The van der Waals surface area contributed by atoms with Gasteiger partial charge in [0.25, 0.3) is 0 Å². The molecule has 0 aliphatic carbocycles. The standard InChI is InChI=1S/C16H26N2O3S/c1-15(2,13-5-4-10-22-13)14(19)17-11-16(3,20)12-18-6-8-21-9-7-18/h4-5,10,20H,6-9,11-12H2,1-3H3,(H,17,19). The number of carbonyl (C=O) groups excluding carboxylic acids is 1. The topological polar surface area (TPSA) is 61.8 Å². The first kappa shape index (κ1) is 17.4. The Bertz CT molecular complexity index is 480. The molecule has 2 heterocycles. The van der Waals surface area contributed by atoms with Gasteiger partial charge in [0.15, 0.2) is 0 Å². The van der Waals surface area contributed by atoms with Crippen LogP contribution in [0.1, 0.15) is 25.6 Å². The van der Waals surface area contributed by atoms with Crippen molar-refractivity contribution in [2.75, 3.05) is 39.4 Å². The van der Waals surface area contributed by atoms with Crippen LogP contribution < -0.4 is 5.32 Å². The van der Waals surface area contributed by atoms with Crippen molar-refractivity contribution in [3.05, 3.63) is 22.4 Å². The van der Waals surface area contributed by atoms with Crippen LogP contribution in [0.2, 0.25) is 0 Å². The van der Waals surface area contributed by atoms with Crippen molar-refractivity contribution < 1.29 is 14.6 Å². The molecule has 1 unspecified atom stereocenters. The predicted molar refractivity (Wildman–Crippen MR) is 88.2 cm³/mol. The lowest BCUT2D eigenvalue weighted by Gasteiger charge is -2.34. The number of rotatable bonds is 6. The van der Waals surface area contributed by atoms with E-state index in [1.807, 2.05) is 31.4 Å². The number of nitrogens with one attached hydrogen (secondary N) is 1. The maximum atomic E-state index is 12.5. The van der Waals surface area contributed by atoms with Gasteiger partial charge in [-0.3, -0.25) is 9.69 Å². The summed E-state index contributed by atoms with van der Waals surface area (Å²) in [7, 11) is 0. The Hall–Kier alpha value is -0.950. The van der Waals surface area contributed by atoms with E-state index < -0.39 is 11.0 Å². The second-order valence-corrected chi connectivity index (χ2v) is 7.62. The molecule has 0 bridgehead atoms. The third-order valence-corrected chi connectivity index (χ3v) is 5.20. The molecule has 6 heteroatoms. The monoisotopic (exact) mass is 326 g/mol. The van der Waals surface area contributed by atoms with E-state index in [9.17, 15) is 9.90 Å². The summed E-state index contributed by atoms with van der Waals surface area (Å²) in [6, 6.07) is 3.92. The summed E-state index contributed by atoms with van der Waals surface area (Å²) in [6.45, 7) is 9.42. The van der Waals surface area contributed by atoms with Crippen LogP contribution in [0.3, 0.4) is 0 Å². The first-order chi connectivity index (χ1) is 10.3. The number of ether oxygens (including phenoxy) is 1. The van der Waals surface area contributed by atoms with Gasteiger partial charge in [0, 0.05) is 31.1 Å². The molecule has 0 radical (unpaired) electrons. The molecule has 1 aliphatic heterocycles. The molecule has 1 atom stereocenters. The molecular weight excluding hydrogens is 300 g/mol. The van der Waals surface area contributed by atoms with Gasteiger partial charge in [-0.2, -0.15) is 0 Å². The SMILES string of the molecule is CC(O)(CNC(=O)C(C)(C)c1cccs1)CN1CCOCC1. The van der Waals surface area contributed by atoms with E-state index >= 15 is 0 Å². The Labute approximate surface area is 136 Å². The van der Waals surface area contributed by atoms with Crippen molar-refractivity contribution in [2.45, 2.75) is 31.8 Å². The number of aliphatic hydroxyl groups is 1. The third-order valence-electron chi connectivity index (χ3n) is 4.00. The number of hydrogen-bond acceptors (Lipinski definition) is 5. The highest BCUT2D eigenvalue weighted by Gasteiger charge is 2.33. The van der Waals surface area contributed by atoms with Crippen LogP contribution in [0.25, 0.3) is 0 Å². The fourth-order valence-electron chi connectivity index (χ4n) is 2.53. The molecule has 0 spiro atoms. The fourth-order valence-corrected chi connectivity index (χ4v) is 3.38. The normalized spacial score (nSPS) is 19.6. The molecule has 1 aromatic heterocycles. The maximum Gasteiger partial charge on any atom is 0.231 e. The van der Waals surface area contributed by atoms with Crippen molar-refractivity contribution in [3.63, 3.8) is 0 Å². The summed E-state index contributed by atoms with van der Waals surface area (Å²) in [5.74, 6) is -0.0581. The zero-order chi connectivity index (χ0) is 16.2. The summed E-state index contributed by atoms with van der Waals surface area (Å²) >= 11 is 1.57. The largest absolute Gasteiger partial charge is 0.387 e. The van der Waals surface area contributed by atoms with Gasteiger partial charge >= 0.3 is 0 Å². The van der Waals surface area contributed by atoms with Crippen molar-refractivity contribution in [3.8, 4) is 0 Å². The predicted octanol–water partition coefficient (Wildman–Crippen LogP) is 1.23. The van der Waals surface area contributed by atoms with Gasteiger partial charge in [-0.15, -0.1) is 11.3 Å². The van der Waals surface area contributed by atoms with Crippen LogP contribution in [0.5, 0.6) is 0 Å². The molecule has 0 aromatic carbocycles. The smallest absolute Gasteiger partial charge is 0.231 e. The summed E-state index contributed by atoms with van der Waals surface area (Å²) in [5, 5.41) is 15.4. The third kappa shape index (κ3) is 4.52. The zero-order valence-corrected chi connectivity index (χ0v) is 14.4. The minimum Gasteiger partial charge on any atom is -0.387 e. The molecule has 2 rings (SSSR count). The van der Waals surface area contributed by atoms with Crippen LogP contribution in [0.15, 0.2) is 17.5 Å². The molecule has 2 N–H and O–H groups in total. The molecular formula is C16H26N2O3S. The number of amides is 1. The Kier molecular flexibility index (Phi) is 5.60. The first-order valence-electron chi connectivity index (χ1n) is 7.66. The average molecular weight is 326 g/mol. The molecule has 1 amide bonds. The number of hydrogen-bond donors (Lipinski definition) is 2. The van der Waals surface area contributed by atoms with Gasteiger partial charge in [0.05, 0.1) is 24.2 Å². The van der Waals surface area contributed by atoms with Crippen molar-refractivity contribution >= 4 is 17.2 Å². The highest BCUT2D eigenvalue weighted by molar-refractivity contribution is 7.10. The van der Waals surface area contributed by atoms with E-state index in [4.69, 9.17) is 4.74 Å².